The molecule has 0 spiro atoms. The van der Waals surface area contributed by atoms with E-state index in [0.717, 1.165) is 50.8 Å². The lowest BCUT2D eigenvalue weighted by Gasteiger charge is -2.26. The van der Waals surface area contributed by atoms with Crippen molar-refractivity contribution in [3.8, 4) is 0 Å². The Labute approximate surface area is 150 Å². The second-order valence-corrected chi connectivity index (χ2v) is 7.48. The molecule has 3 rings (SSSR count). The standard InChI is InChI=1S/C20H29N3O2/c1-22(2)18(24)17-10-6-14-23(17)15-7-13-21-19(25)20(11-12-20)16-8-4-3-5-9-16/h3-5,8-9,17H,6-7,10-15H2,1-2H3,(H,21,25)/t17-/m1/s1. The van der Waals surface area contributed by atoms with Crippen LogP contribution in [0.15, 0.2) is 30.3 Å². The molecule has 0 bridgehead atoms. The van der Waals surface area contributed by atoms with Gasteiger partial charge in [-0.05, 0) is 44.2 Å². The first-order valence-electron chi connectivity index (χ1n) is 9.34. The van der Waals surface area contributed by atoms with Crippen LogP contribution in [0.4, 0.5) is 0 Å². The minimum atomic E-state index is -0.293. The number of nitrogens with one attached hydrogen (secondary N) is 1. The summed E-state index contributed by atoms with van der Waals surface area (Å²) in [6.07, 6.45) is 4.78. The predicted octanol–water partition coefficient (Wildman–Crippen LogP) is 1.78. The fourth-order valence-electron chi connectivity index (χ4n) is 3.85. The zero-order valence-corrected chi connectivity index (χ0v) is 15.3. The van der Waals surface area contributed by atoms with Crippen LogP contribution in [0, 0.1) is 0 Å². The minimum absolute atomic E-state index is 0.0183. The van der Waals surface area contributed by atoms with Crippen LogP contribution >= 0.6 is 0 Å². The summed E-state index contributed by atoms with van der Waals surface area (Å²) in [5, 5.41) is 3.11. The molecule has 1 heterocycles. The molecule has 2 aliphatic rings. The van der Waals surface area contributed by atoms with Crippen molar-refractivity contribution in [1.82, 2.24) is 15.1 Å². The van der Waals surface area contributed by atoms with Crippen LogP contribution in [0.3, 0.4) is 0 Å². The molecule has 1 atom stereocenters. The molecule has 2 amide bonds. The number of hydrogen-bond acceptors (Lipinski definition) is 3. The van der Waals surface area contributed by atoms with Crippen LogP contribution in [0.5, 0.6) is 0 Å². The number of likely N-dealkylation sites (N-methyl/N-ethyl adjacent to an activating group) is 1. The van der Waals surface area contributed by atoms with Gasteiger partial charge < -0.3 is 10.2 Å². The first-order chi connectivity index (χ1) is 12.0. The maximum atomic E-state index is 12.6. The Kier molecular flexibility index (Phi) is 5.42. The Hall–Kier alpha value is -1.88. The third-order valence-electron chi connectivity index (χ3n) is 5.51. The van der Waals surface area contributed by atoms with Crippen molar-refractivity contribution in [3.63, 3.8) is 0 Å². The molecule has 1 saturated carbocycles. The second-order valence-electron chi connectivity index (χ2n) is 7.48. The summed E-state index contributed by atoms with van der Waals surface area (Å²) >= 11 is 0. The molecule has 2 fully saturated rings. The summed E-state index contributed by atoms with van der Waals surface area (Å²) in [6.45, 7) is 2.52. The largest absolute Gasteiger partial charge is 0.355 e. The Bertz CT molecular complexity index is 611. The molecule has 0 radical (unpaired) electrons. The zero-order valence-electron chi connectivity index (χ0n) is 15.3. The van der Waals surface area contributed by atoms with Gasteiger partial charge in [-0.2, -0.15) is 0 Å². The van der Waals surface area contributed by atoms with Gasteiger partial charge in [0, 0.05) is 27.2 Å². The van der Waals surface area contributed by atoms with E-state index in [9.17, 15) is 9.59 Å². The van der Waals surface area contributed by atoms with E-state index in [1.54, 1.807) is 4.90 Å². The molecule has 0 unspecified atom stereocenters. The number of likely N-dealkylation sites (tertiary alicyclic amines) is 1. The van der Waals surface area contributed by atoms with Gasteiger partial charge in [0.25, 0.3) is 0 Å². The highest BCUT2D eigenvalue weighted by Crippen LogP contribution is 2.48. The number of carbonyl (C=O) groups excluding carboxylic acids is 2. The lowest BCUT2D eigenvalue weighted by Crippen LogP contribution is -2.43. The van der Waals surface area contributed by atoms with Crippen molar-refractivity contribution in [3.05, 3.63) is 35.9 Å². The third-order valence-corrected chi connectivity index (χ3v) is 5.51. The van der Waals surface area contributed by atoms with Crippen molar-refractivity contribution in [2.24, 2.45) is 0 Å². The summed E-state index contributed by atoms with van der Waals surface area (Å²) in [4.78, 5) is 28.8. The number of amides is 2. The Morgan fingerprint density at radius 3 is 2.60 bits per heavy atom. The van der Waals surface area contributed by atoms with Crippen LogP contribution in [0.1, 0.15) is 37.7 Å². The minimum Gasteiger partial charge on any atom is -0.355 e. The van der Waals surface area contributed by atoms with E-state index in [2.05, 4.69) is 10.2 Å². The van der Waals surface area contributed by atoms with E-state index >= 15 is 0 Å². The van der Waals surface area contributed by atoms with Crippen molar-refractivity contribution in [1.29, 1.82) is 0 Å². The van der Waals surface area contributed by atoms with Gasteiger partial charge in [0.2, 0.25) is 11.8 Å². The van der Waals surface area contributed by atoms with Gasteiger partial charge >= 0.3 is 0 Å². The van der Waals surface area contributed by atoms with Crippen molar-refractivity contribution in [2.75, 3.05) is 33.7 Å². The van der Waals surface area contributed by atoms with Crippen molar-refractivity contribution >= 4 is 11.8 Å². The second kappa shape index (κ2) is 7.56. The summed E-state index contributed by atoms with van der Waals surface area (Å²) in [5.74, 6) is 0.351. The average molecular weight is 343 g/mol. The topological polar surface area (TPSA) is 52.7 Å². The van der Waals surface area contributed by atoms with E-state index in [1.807, 2.05) is 44.4 Å². The number of hydrogen-bond donors (Lipinski definition) is 1. The molecule has 5 nitrogen and oxygen atoms in total. The van der Waals surface area contributed by atoms with Gasteiger partial charge in [0.1, 0.15) is 0 Å². The van der Waals surface area contributed by atoms with Crippen molar-refractivity contribution in [2.45, 2.75) is 43.6 Å². The number of rotatable bonds is 7. The third kappa shape index (κ3) is 3.87. The highest BCUT2D eigenvalue weighted by Gasteiger charge is 2.50. The van der Waals surface area contributed by atoms with Gasteiger partial charge in [0.15, 0.2) is 0 Å². The molecule has 1 aromatic rings. The van der Waals surface area contributed by atoms with E-state index < -0.39 is 0 Å². The average Bonchev–Trinajstić information content (AvgIpc) is 3.31. The van der Waals surface area contributed by atoms with Crippen LogP contribution in [0.2, 0.25) is 0 Å². The van der Waals surface area contributed by atoms with E-state index in [4.69, 9.17) is 0 Å². The monoisotopic (exact) mass is 343 g/mol. The quantitative estimate of drug-likeness (QED) is 0.768. The van der Waals surface area contributed by atoms with Gasteiger partial charge in [0.05, 0.1) is 11.5 Å². The number of nitrogens with zero attached hydrogens (tertiary/aromatic N) is 2. The van der Waals surface area contributed by atoms with Gasteiger partial charge in [-0.15, -0.1) is 0 Å². The molecule has 0 aromatic heterocycles. The highest BCUT2D eigenvalue weighted by molar-refractivity contribution is 5.91. The maximum absolute atomic E-state index is 12.6. The Morgan fingerprint density at radius 1 is 1.24 bits per heavy atom. The molecular weight excluding hydrogens is 314 g/mol. The van der Waals surface area contributed by atoms with E-state index in [-0.39, 0.29) is 23.3 Å². The first-order valence-corrected chi connectivity index (χ1v) is 9.34. The van der Waals surface area contributed by atoms with Crippen LogP contribution in [-0.2, 0) is 15.0 Å². The SMILES string of the molecule is CN(C)C(=O)[C@H]1CCCN1CCCNC(=O)C1(c2ccccc2)CC1. The van der Waals surface area contributed by atoms with Gasteiger partial charge in [-0.1, -0.05) is 30.3 Å². The molecule has 136 valence electrons. The Balaban J connectivity index is 1.44. The fourth-order valence-corrected chi connectivity index (χ4v) is 3.85. The number of benzene rings is 1. The predicted molar refractivity (Wildman–Crippen MR) is 98.3 cm³/mol. The first kappa shape index (κ1) is 17.9. The van der Waals surface area contributed by atoms with Gasteiger partial charge in [-0.3, -0.25) is 14.5 Å². The van der Waals surface area contributed by atoms with Crippen LogP contribution < -0.4 is 5.32 Å². The fraction of sp³-hybridized carbons (Fsp3) is 0.600. The number of carbonyl (C=O) groups is 2. The molecule has 1 aliphatic carbocycles. The van der Waals surface area contributed by atoms with Crippen LogP contribution in [0.25, 0.3) is 0 Å². The Morgan fingerprint density at radius 2 is 1.96 bits per heavy atom. The molecular formula is C20H29N3O2. The summed E-state index contributed by atoms with van der Waals surface area (Å²) in [6, 6.07) is 10.1. The summed E-state index contributed by atoms with van der Waals surface area (Å²) < 4.78 is 0. The molecule has 1 aliphatic heterocycles. The summed E-state index contributed by atoms with van der Waals surface area (Å²) in [5.41, 5.74) is 0.835. The lowest BCUT2D eigenvalue weighted by molar-refractivity contribution is -0.133. The molecule has 1 aromatic carbocycles. The normalized spacial score (nSPS) is 21.8. The smallest absolute Gasteiger partial charge is 0.239 e. The van der Waals surface area contributed by atoms with Crippen LogP contribution in [-0.4, -0.2) is 61.4 Å². The molecule has 1 saturated heterocycles. The highest BCUT2D eigenvalue weighted by atomic mass is 16.2. The lowest BCUT2D eigenvalue weighted by atomic mass is 9.95. The zero-order chi connectivity index (χ0) is 17.9. The molecule has 5 heteroatoms. The summed E-state index contributed by atoms with van der Waals surface area (Å²) in [7, 11) is 3.63. The van der Waals surface area contributed by atoms with E-state index in [0.29, 0.717) is 6.54 Å². The van der Waals surface area contributed by atoms with Crippen molar-refractivity contribution < 1.29 is 9.59 Å². The van der Waals surface area contributed by atoms with Gasteiger partial charge in [-0.25, -0.2) is 0 Å². The maximum Gasteiger partial charge on any atom is 0.239 e. The molecule has 25 heavy (non-hydrogen) atoms. The van der Waals surface area contributed by atoms with E-state index in [1.165, 1.54) is 0 Å². The molecule has 1 N–H and O–H groups in total.